The zero-order valence-corrected chi connectivity index (χ0v) is 21.7. The van der Waals surface area contributed by atoms with Crippen LogP contribution in [0.25, 0.3) is 5.69 Å². The first-order valence-corrected chi connectivity index (χ1v) is 13.5. The fourth-order valence-electron chi connectivity index (χ4n) is 6.28. The van der Waals surface area contributed by atoms with Gasteiger partial charge in [0.2, 0.25) is 5.91 Å². The Balaban J connectivity index is 1.17. The van der Waals surface area contributed by atoms with Gasteiger partial charge in [-0.2, -0.15) is 0 Å². The van der Waals surface area contributed by atoms with Crippen molar-refractivity contribution in [1.82, 2.24) is 19.3 Å². The maximum atomic E-state index is 13.3. The first-order chi connectivity index (χ1) is 16.9. The van der Waals surface area contributed by atoms with E-state index < -0.39 is 0 Å². The van der Waals surface area contributed by atoms with Gasteiger partial charge in [0.1, 0.15) is 0 Å². The van der Waals surface area contributed by atoms with Crippen molar-refractivity contribution in [3.63, 3.8) is 0 Å². The third kappa shape index (κ3) is 5.10. The van der Waals surface area contributed by atoms with E-state index in [4.69, 9.17) is 0 Å². The predicted octanol–water partition coefficient (Wildman–Crippen LogP) is 3.78. The molecule has 0 bridgehead atoms. The van der Waals surface area contributed by atoms with Crippen LogP contribution in [0.2, 0.25) is 0 Å². The number of benzene rings is 1. The highest BCUT2D eigenvalue weighted by Gasteiger charge is 2.27. The second-order valence-corrected chi connectivity index (χ2v) is 10.8. The molecule has 1 aliphatic carbocycles. The number of aromatic nitrogens is 1. The second kappa shape index (κ2) is 10.3. The van der Waals surface area contributed by atoms with E-state index in [0.717, 1.165) is 68.9 Å². The largest absolute Gasteiger partial charge is 0.339 e. The molecule has 1 aromatic carbocycles. The molecule has 1 amide bonds. The first-order valence-electron chi connectivity index (χ1n) is 13.5. The number of rotatable bonds is 6. The van der Waals surface area contributed by atoms with Gasteiger partial charge in [-0.3, -0.25) is 19.4 Å². The summed E-state index contributed by atoms with van der Waals surface area (Å²) in [5, 5.41) is 0. The van der Waals surface area contributed by atoms with Crippen molar-refractivity contribution in [2.75, 3.05) is 45.8 Å². The molecule has 0 saturated carbocycles. The van der Waals surface area contributed by atoms with Gasteiger partial charge in [-0.1, -0.05) is 6.07 Å². The molecule has 2 fully saturated rings. The summed E-state index contributed by atoms with van der Waals surface area (Å²) in [6.45, 7) is 11.5. The molecule has 0 spiro atoms. The summed E-state index contributed by atoms with van der Waals surface area (Å²) in [6.07, 6.45) is 7.05. The van der Waals surface area contributed by atoms with Crippen LogP contribution in [0.5, 0.6) is 0 Å². The Kier molecular flexibility index (Phi) is 7.12. The second-order valence-electron chi connectivity index (χ2n) is 10.8. The van der Waals surface area contributed by atoms with Crippen LogP contribution in [0.1, 0.15) is 65.5 Å². The number of piperazine rings is 1. The monoisotopic (exact) mass is 476 g/mol. The van der Waals surface area contributed by atoms with Crippen LogP contribution >= 0.6 is 0 Å². The number of hydrogen-bond acceptors (Lipinski definition) is 4. The smallest absolute Gasteiger partial charge is 0.236 e. The molecule has 0 N–H and O–H groups in total. The molecule has 1 aromatic heterocycles. The van der Waals surface area contributed by atoms with Crippen molar-refractivity contribution in [2.24, 2.45) is 0 Å². The Hall–Kier alpha value is -2.44. The summed E-state index contributed by atoms with van der Waals surface area (Å²) in [5.74, 6) is 0.456. The van der Waals surface area contributed by atoms with Gasteiger partial charge in [0.05, 0.1) is 13.1 Å². The topological polar surface area (TPSA) is 48.8 Å². The maximum absolute atomic E-state index is 13.3. The number of hydrogen-bond donors (Lipinski definition) is 0. The molecular weight excluding hydrogens is 436 g/mol. The molecule has 2 aromatic rings. The number of fused-ring (bicyclic) bond motifs is 1. The molecule has 1 unspecified atom stereocenters. The van der Waals surface area contributed by atoms with Crippen molar-refractivity contribution in [3.05, 3.63) is 52.3 Å². The summed E-state index contributed by atoms with van der Waals surface area (Å²) >= 11 is 0. The standard InChI is InChI=1S/C29H40N4O2/c1-21-7-4-5-12-32(21)29(35)20-31-15-13-30(14-16-31)19-28(34)27-17-22(2)33(23(27)3)26-11-10-24-8-6-9-25(24)18-26/h10-11,17-18,21H,4-9,12-16,19-20H2,1-3H3. The number of likely N-dealkylation sites (tertiary alicyclic amines) is 1. The van der Waals surface area contributed by atoms with E-state index in [2.05, 4.69) is 64.3 Å². The first kappa shape index (κ1) is 24.3. The van der Waals surface area contributed by atoms with E-state index in [1.807, 2.05) is 0 Å². The van der Waals surface area contributed by atoms with Crippen molar-refractivity contribution in [3.8, 4) is 5.69 Å². The lowest BCUT2D eigenvalue weighted by Crippen LogP contribution is -2.52. The van der Waals surface area contributed by atoms with Crippen molar-refractivity contribution in [1.29, 1.82) is 0 Å². The van der Waals surface area contributed by atoms with E-state index >= 15 is 0 Å². The quantitative estimate of drug-likeness (QED) is 0.596. The van der Waals surface area contributed by atoms with Crippen LogP contribution in [-0.4, -0.2) is 82.8 Å². The normalized spacial score (nSPS) is 21.3. The number of amides is 1. The van der Waals surface area contributed by atoms with Crippen LogP contribution in [0.4, 0.5) is 0 Å². The average molecular weight is 477 g/mol. The van der Waals surface area contributed by atoms with Gasteiger partial charge in [-0.25, -0.2) is 0 Å². The summed E-state index contributed by atoms with van der Waals surface area (Å²) in [5.41, 5.74) is 7.07. The Labute approximate surface area is 209 Å². The van der Waals surface area contributed by atoms with Crippen LogP contribution < -0.4 is 0 Å². The summed E-state index contributed by atoms with van der Waals surface area (Å²) in [6, 6.07) is 9.19. The number of carbonyl (C=O) groups excluding carboxylic acids is 2. The lowest BCUT2D eigenvalue weighted by atomic mass is 10.0. The summed E-state index contributed by atoms with van der Waals surface area (Å²) in [4.78, 5) is 32.6. The summed E-state index contributed by atoms with van der Waals surface area (Å²) in [7, 11) is 0. The molecule has 2 saturated heterocycles. The zero-order valence-electron chi connectivity index (χ0n) is 21.7. The molecule has 6 nitrogen and oxygen atoms in total. The van der Waals surface area contributed by atoms with Gasteiger partial charge in [0, 0.05) is 61.4 Å². The van der Waals surface area contributed by atoms with Gasteiger partial charge in [-0.15, -0.1) is 0 Å². The number of carbonyl (C=O) groups is 2. The minimum Gasteiger partial charge on any atom is -0.339 e. The fraction of sp³-hybridized carbons (Fsp3) is 0.586. The number of aryl methyl sites for hydroxylation is 3. The van der Waals surface area contributed by atoms with Crippen molar-refractivity contribution in [2.45, 2.75) is 65.3 Å². The third-order valence-corrected chi connectivity index (χ3v) is 8.39. The average Bonchev–Trinajstić information content (AvgIpc) is 3.43. The number of Topliss-reactive ketones (excluding diaryl/α,β-unsaturated/α-hetero) is 1. The maximum Gasteiger partial charge on any atom is 0.236 e. The van der Waals surface area contributed by atoms with Crippen LogP contribution in [0, 0.1) is 13.8 Å². The highest BCUT2D eigenvalue weighted by molar-refractivity contribution is 5.99. The van der Waals surface area contributed by atoms with E-state index in [-0.39, 0.29) is 11.7 Å². The Bertz CT molecular complexity index is 1100. The van der Waals surface area contributed by atoms with Crippen LogP contribution in [0.3, 0.4) is 0 Å². The molecule has 5 rings (SSSR count). The number of piperidine rings is 1. The minimum absolute atomic E-state index is 0.192. The lowest BCUT2D eigenvalue weighted by Gasteiger charge is -2.37. The van der Waals surface area contributed by atoms with E-state index in [1.165, 1.54) is 36.1 Å². The molecule has 35 heavy (non-hydrogen) atoms. The zero-order chi connectivity index (χ0) is 24.5. The fourth-order valence-corrected chi connectivity index (χ4v) is 6.28. The molecule has 1 atom stereocenters. The van der Waals surface area contributed by atoms with Gasteiger partial charge in [0.25, 0.3) is 0 Å². The number of nitrogens with zero attached hydrogens (tertiary/aromatic N) is 4. The van der Waals surface area contributed by atoms with Crippen LogP contribution in [0.15, 0.2) is 24.3 Å². The molecule has 3 aliphatic rings. The highest BCUT2D eigenvalue weighted by atomic mass is 16.2. The van der Waals surface area contributed by atoms with Gasteiger partial charge >= 0.3 is 0 Å². The Morgan fingerprint density at radius 2 is 1.57 bits per heavy atom. The third-order valence-electron chi connectivity index (χ3n) is 8.39. The van der Waals surface area contributed by atoms with Gasteiger partial charge in [0.15, 0.2) is 5.78 Å². The Morgan fingerprint density at radius 3 is 2.31 bits per heavy atom. The SMILES string of the molecule is Cc1cc(C(=O)CN2CCN(CC(=O)N3CCCCC3C)CC2)c(C)n1-c1ccc2c(c1)CCC2. The molecule has 0 radical (unpaired) electrons. The molecular formula is C29H40N4O2. The Morgan fingerprint density at radius 1 is 0.857 bits per heavy atom. The highest BCUT2D eigenvalue weighted by Crippen LogP contribution is 2.28. The van der Waals surface area contributed by atoms with E-state index in [9.17, 15) is 9.59 Å². The van der Waals surface area contributed by atoms with Gasteiger partial charge < -0.3 is 9.47 Å². The van der Waals surface area contributed by atoms with E-state index in [1.54, 1.807) is 0 Å². The lowest BCUT2D eigenvalue weighted by molar-refractivity contribution is -0.136. The molecule has 3 heterocycles. The van der Waals surface area contributed by atoms with Crippen molar-refractivity contribution < 1.29 is 9.59 Å². The van der Waals surface area contributed by atoms with Crippen LogP contribution in [-0.2, 0) is 17.6 Å². The van der Waals surface area contributed by atoms with Crippen molar-refractivity contribution >= 4 is 11.7 Å². The van der Waals surface area contributed by atoms with E-state index in [0.29, 0.717) is 19.1 Å². The molecule has 188 valence electrons. The van der Waals surface area contributed by atoms with Gasteiger partial charge in [-0.05, 0) is 88.6 Å². The predicted molar refractivity (Wildman–Crippen MR) is 140 cm³/mol. The minimum atomic E-state index is 0.192. The molecule has 6 heteroatoms. The molecule has 2 aliphatic heterocycles. The summed E-state index contributed by atoms with van der Waals surface area (Å²) < 4.78 is 2.23. The number of ketones is 1.